The van der Waals surface area contributed by atoms with Gasteiger partial charge in [-0.05, 0) is 54.7 Å². The zero-order valence-corrected chi connectivity index (χ0v) is 14.3. The Labute approximate surface area is 133 Å². The van der Waals surface area contributed by atoms with Gasteiger partial charge in [-0.25, -0.2) is 4.79 Å². The van der Waals surface area contributed by atoms with Crippen LogP contribution in [0.4, 0.5) is 11.4 Å². The van der Waals surface area contributed by atoms with Gasteiger partial charge in [0.2, 0.25) is 0 Å². The topological polar surface area (TPSA) is 75.3 Å². The van der Waals surface area contributed by atoms with Gasteiger partial charge in [-0.1, -0.05) is 27.7 Å². The highest BCUT2D eigenvalue weighted by Crippen LogP contribution is 2.46. The van der Waals surface area contributed by atoms with Crippen LogP contribution in [0.1, 0.15) is 62.9 Å². The fraction of sp³-hybridized carbons (Fsp3) is 0.611. The molecular formula is C18H28N2O2. The van der Waals surface area contributed by atoms with E-state index in [-0.39, 0.29) is 5.56 Å². The number of hydrogen-bond acceptors (Lipinski definition) is 3. The summed E-state index contributed by atoms with van der Waals surface area (Å²) in [6.45, 7) is 11.0. The first-order valence-electron chi connectivity index (χ1n) is 7.90. The number of carboxylic acids is 1. The lowest BCUT2D eigenvalue weighted by Crippen LogP contribution is -2.40. The summed E-state index contributed by atoms with van der Waals surface area (Å²) in [5, 5.41) is 12.7. The molecule has 1 aromatic carbocycles. The Morgan fingerprint density at radius 1 is 1.23 bits per heavy atom. The van der Waals surface area contributed by atoms with Crippen LogP contribution in [-0.4, -0.2) is 17.1 Å². The summed E-state index contributed by atoms with van der Waals surface area (Å²) in [4.78, 5) is 11.2. The minimum absolute atomic E-state index is 0.271. The monoisotopic (exact) mass is 304 g/mol. The van der Waals surface area contributed by atoms with E-state index < -0.39 is 5.97 Å². The van der Waals surface area contributed by atoms with Gasteiger partial charge in [0.1, 0.15) is 0 Å². The highest BCUT2D eigenvalue weighted by molar-refractivity contribution is 5.93. The molecule has 122 valence electrons. The first kappa shape index (κ1) is 16.7. The minimum atomic E-state index is -0.935. The highest BCUT2D eigenvalue weighted by atomic mass is 16.4. The van der Waals surface area contributed by atoms with Crippen LogP contribution in [0.25, 0.3) is 0 Å². The smallest absolute Gasteiger partial charge is 0.336 e. The van der Waals surface area contributed by atoms with Crippen LogP contribution < -0.4 is 11.1 Å². The largest absolute Gasteiger partial charge is 0.478 e. The van der Waals surface area contributed by atoms with Gasteiger partial charge in [0.15, 0.2) is 0 Å². The second kappa shape index (κ2) is 5.49. The fourth-order valence-corrected chi connectivity index (χ4v) is 4.25. The summed E-state index contributed by atoms with van der Waals surface area (Å²) in [7, 11) is 0. The maximum absolute atomic E-state index is 11.2. The average Bonchev–Trinajstić information content (AvgIpc) is 2.30. The molecule has 1 fully saturated rings. The van der Waals surface area contributed by atoms with Crippen LogP contribution in [0, 0.1) is 17.8 Å². The molecule has 0 bridgehead atoms. The van der Waals surface area contributed by atoms with E-state index in [1.54, 1.807) is 19.1 Å². The van der Waals surface area contributed by atoms with Gasteiger partial charge in [0.25, 0.3) is 0 Å². The lowest BCUT2D eigenvalue weighted by atomic mass is 9.63. The van der Waals surface area contributed by atoms with Crippen LogP contribution in [0.2, 0.25) is 0 Å². The molecule has 0 amide bonds. The molecule has 1 aromatic rings. The molecule has 4 heteroatoms. The number of anilines is 2. The predicted octanol–water partition coefficient (Wildman–Crippen LogP) is 4.29. The summed E-state index contributed by atoms with van der Waals surface area (Å²) in [6, 6.07) is 3.78. The Morgan fingerprint density at radius 3 is 2.27 bits per heavy atom. The van der Waals surface area contributed by atoms with Crippen molar-refractivity contribution in [2.24, 2.45) is 10.8 Å². The van der Waals surface area contributed by atoms with Crippen LogP contribution in [0.15, 0.2) is 12.1 Å². The molecule has 1 aliphatic rings. The molecule has 0 spiro atoms. The third kappa shape index (κ3) is 3.54. The van der Waals surface area contributed by atoms with E-state index in [9.17, 15) is 4.79 Å². The van der Waals surface area contributed by atoms with Gasteiger partial charge in [0, 0.05) is 6.04 Å². The summed E-state index contributed by atoms with van der Waals surface area (Å²) < 4.78 is 0. The normalized spacial score (nSPS) is 20.6. The SMILES string of the molecule is Cc1c(C(=O)O)ccc(NC2CC(C)(C)CC(C)(C)C2)c1N. The number of benzene rings is 1. The zero-order valence-electron chi connectivity index (χ0n) is 14.3. The van der Waals surface area contributed by atoms with Crippen molar-refractivity contribution in [3.63, 3.8) is 0 Å². The molecule has 4 nitrogen and oxygen atoms in total. The number of rotatable bonds is 3. The number of nitrogens with two attached hydrogens (primary N) is 1. The van der Waals surface area contributed by atoms with E-state index in [2.05, 4.69) is 33.0 Å². The Kier molecular flexibility index (Phi) is 4.16. The Morgan fingerprint density at radius 2 is 1.77 bits per heavy atom. The van der Waals surface area contributed by atoms with E-state index in [0.29, 0.717) is 28.1 Å². The van der Waals surface area contributed by atoms with Crippen molar-refractivity contribution in [1.29, 1.82) is 0 Å². The summed E-state index contributed by atoms with van der Waals surface area (Å²) in [5.74, 6) is -0.935. The minimum Gasteiger partial charge on any atom is -0.478 e. The number of nitrogen functional groups attached to an aromatic ring is 1. The Balaban J connectivity index is 2.24. The molecule has 4 N–H and O–H groups in total. The maximum atomic E-state index is 11.2. The van der Waals surface area contributed by atoms with E-state index >= 15 is 0 Å². The summed E-state index contributed by atoms with van der Waals surface area (Å²) >= 11 is 0. The third-order valence-corrected chi connectivity index (χ3v) is 4.66. The van der Waals surface area contributed by atoms with E-state index in [1.165, 1.54) is 6.42 Å². The number of aromatic carboxylic acids is 1. The van der Waals surface area contributed by atoms with Crippen LogP contribution in [-0.2, 0) is 0 Å². The van der Waals surface area contributed by atoms with Crippen LogP contribution in [0.5, 0.6) is 0 Å². The van der Waals surface area contributed by atoms with Crippen LogP contribution >= 0.6 is 0 Å². The molecule has 0 heterocycles. The lowest BCUT2D eigenvalue weighted by molar-refractivity contribution is 0.0696. The van der Waals surface area contributed by atoms with Crippen molar-refractivity contribution < 1.29 is 9.90 Å². The van der Waals surface area contributed by atoms with Gasteiger partial charge in [-0.3, -0.25) is 0 Å². The summed E-state index contributed by atoms with van der Waals surface area (Å²) in [5.41, 5.74) is 9.03. The zero-order chi connectivity index (χ0) is 16.7. The van der Waals surface area contributed by atoms with Crippen molar-refractivity contribution in [3.8, 4) is 0 Å². The molecule has 0 aromatic heterocycles. The molecule has 2 rings (SSSR count). The second-order valence-corrected chi connectivity index (χ2v) is 8.26. The predicted molar refractivity (Wildman–Crippen MR) is 91.4 cm³/mol. The molecule has 0 aliphatic heterocycles. The molecule has 0 radical (unpaired) electrons. The third-order valence-electron chi connectivity index (χ3n) is 4.66. The molecule has 22 heavy (non-hydrogen) atoms. The van der Waals surface area contributed by atoms with Crippen molar-refractivity contribution in [3.05, 3.63) is 23.3 Å². The number of nitrogens with one attached hydrogen (secondary N) is 1. The average molecular weight is 304 g/mol. The standard InChI is InChI=1S/C18H28N2O2/c1-11-13(16(21)22)6-7-14(15(11)19)20-12-8-17(2,3)10-18(4,5)9-12/h6-7,12,20H,8-10,19H2,1-5H3,(H,21,22). The van der Waals surface area contributed by atoms with Gasteiger partial charge < -0.3 is 16.2 Å². The second-order valence-electron chi connectivity index (χ2n) is 8.26. The number of hydrogen-bond donors (Lipinski definition) is 3. The van der Waals surface area contributed by atoms with E-state index in [1.807, 2.05) is 0 Å². The molecule has 0 saturated heterocycles. The number of carboxylic acid groups (broad SMARTS) is 1. The van der Waals surface area contributed by atoms with Crippen molar-refractivity contribution in [2.45, 2.75) is 59.9 Å². The van der Waals surface area contributed by atoms with Crippen molar-refractivity contribution >= 4 is 17.3 Å². The maximum Gasteiger partial charge on any atom is 0.336 e. The molecule has 1 saturated carbocycles. The fourth-order valence-electron chi connectivity index (χ4n) is 4.25. The quantitative estimate of drug-likeness (QED) is 0.728. The van der Waals surface area contributed by atoms with Crippen LogP contribution in [0.3, 0.4) is 0 Å². The Hall–Kier alpha value is -1.71. The molecule has 0 atom stereocenters. The molecular weight excluding hydrogens is 276 g/mol. The van der Waals surface area contributed by atoms with Gasteiger partial charge >= 0.3 is 5.97 Å². The molecule has 1 aliphatic carbocycles. The highest BCUT2D eigenvalue weighted by Gasteiger charge is 2.38. The first-order valence-corrected chi connectivity index (χ1v) is 7.90. The number of carbonyl (C=O) groups is 1. The van der Waals surface area contributed by atoms with E-state index in [0.717, 1.165) is 18.5 Å². The molecule has 0 unspecified atom stereocenters. The van der Waals surface area contributed by atoms with E-state index in [4.69, 9.17) is 10.8 Å². The van der Waals surface area contributed by atoms with Gasteiger partial charge in [0.05, 0.1) is 16.9 Å². The van der Waals surface area contributed by atoms with Crippen molar-refractivity contribution in [1.82, 2.24) is 0 Å². The Bertz CT molecular complexity index is 575. The first-order chi connectivity index (χ1) is 10.0. The lowest BCUT2D eigenvalue weighted by Gasteiger charge is -2.45. The summed E-state index contributed by atoms with van der Waals surface area (Å²) in [6.07, 6.45) is 3.40. The van der Waals surface area contributed by atoms with Gasteiger partial charge in [-0.2, -0.15) is 0 Å². The van der Waals surface area contributed by atoms with Crippen molar-refractivity contribution in [2.75, 3.05) is 11.1 Å². The van der Waals surface area contributed by atoms with Gasteiger partial charge in [-0.15, -0.1) is 0 Å².